The molecule has 5 rings (SSSR count). The molecule has 2 aromatic heterocycles. The topological polar surface area (TPSA) is 75.9 Å². The van der Waals surface area contributed by atoms with Crippen molar-refractivity contribution in [3.63, 3.8) is 0 Å². The first kappa shape index (κ1) is 19.8. The maximum absolute atomic E-state index is 13.0. The normalized spacial score (nSPS) is 19.0. The van der Waals surface area contributed by atoms with Crippen LogP contribution in [0.15, 0.2) is 36.4 Å². The smallest absolute Gasteiger partial charge is 0.263 e. The van der Waals surface area contributed by atoms with Crippen LogP contribution in [0, 0.1) is 0 Å². The Morgan fingerprint density at radius 1 is 1.13 bits per heavy atom. The number of hydrogen-bond donors (Lipinski definition) is 0. The Labute approximate surface area is 181 Å². The quantitative estimate of drug-likeness (QED) is 0.648. The van der Waals surface area contributed by atoms with Gasteiger partial charge in [0.1, 0.15) is 11.6 Å². The van der Waals surface area contributed by atoms with E-state index < -0.39 is 6.10 Å². The van der Waals surface area contributed by atoms with Gasteiger partial charge in [0.25, 0.3) is 5.91 Å². The van der Waals surface area contributed by atoms with Crippen LogP contribution < -0.4 is 9.64 Å². The molecule has 2 aliphatic heterocycles. The van der Waals surface area contributed by atoms with Gasteiger partial charge in [-0.2, -0.15) is 4.52 Å². The molecule has 0 saturated carbocycles. The predicted molar refractivity (Wildman–Crippen MR) is 117 cm³/mol. The van der Waals surface area contributed by atoms with Gasteiger partial charge in [-0.05, 0) is 36.6 Å². The standard InChI is InChI=1S/C23H28N6O2/c1-23(2,3)22-25-24-19-11-12-20(26-29(19)22)28-13-16(14-28)27(4)21(30)18-10-9-15-7-5-6-8-17(15)31-18/h5-8,11-12,16,18H,9-10,13-14H2,1-4H3. The maximum Gasteiger partial charge on any atom is 0.263 e. The third kappa shape index (κ3) is 3.49. The summed E-state index contributed by atoms with van der Waals surface area (Å²) in [5.41, 5.74) is 1.77. The van der Waals surface area contributed by atoms with Crippen molar-refractivity contribution in [2.24, 2.45) is 0 Å². The Kier molecular flexibility index (Phi) is 4.60. The minimum absolute atomic E-state index is 0.0522. The zero-order valence-electron chi connectivity index (χ0n) is 18.4. The summed E-state index contributed by atoms with van der Waals surface area (Å²) in [6.45, 7) is 7.80. The third-order valence-electron chi connectivity index (χ3n) is 6.19. The number of likely N-dealkylation sites (N-methyl/N-ethyl adjacent to an activating group) is 1. The number of nitrogens with zero attached hydrogens (tertiary/aromatic N) is 6. The van der Waals surface area contributed by atoms with E-state index in [9.17, 15) is 4.79 Å². The number of hydrogen-bond acceptors (Lipinski definition) is 6. The fraction of sp³-hybridized carbons (Fsp3) is 0.478. The molecule has 162 valence electrons. The maximum atomic E-state index is 13.0. The third-order valence-corrected chi connectivity index (χ3v) is 6.19. The summed E-state index contributed by atoms with van der Waals surface area (Å²) in [5.74, 6) is 2.59. The van der Waals surface area contributed by atoms with Crippen molar-refractivity contribution in [2.45, 2.75) is 51.2 Å². The van der Waals surface area contributed by atoms with E-state index in [-0.39, 0.29) is 17.4 Å². The van der Waals surface area contributed by atoms with Gasteiger partial charge in [-0.3, -0.25) is 4.79 Å². The summed E-state index contributed by atoms with van der Waals surface area (Å²) < 4.78 is 7.82. The van der Waals surface area contributed by atoms with Crippen LogP contribution >= 0.6 is 0 Å². The highest BCUT2D eigenvalue weighted by Gasteiger charge is 2.37. The van der Waals surface area contributed by atoms with Gasteiger partial charge in [-0.15, -0.1) is 15.3 Å². The predicted octanol–water partition coefficient (Wildman–Crippen LogP) is 2.46. The first-order chi connectivity index (χ1) is 14.8. The second-order valence-electron chi connectivity index (χ2n) is 9.50. The minimum atomic E-state index is -0.408. The summed E-state index contributed by atoms with van der Waals surface area (Å²) in [6.07, 6.45) is 1.18. The lowest BCUT2D eigenvalue weighted by atomic mass is 9.96. The molecule has 3 aromatic rings. The largest absolute Gasteiger partial charge is 0.480 e. The van der Waals surface area contributed by atoms with Gasteiger partial charge in [0.15, 0.2) is 17.6 Å². The molecule has 8 nitrogen and oxygen atoms in total. The molecule has 1 fully saturated rings. The van der Waals surface area contributed by atoms with Crippen molar-refractivity contribution >= 4 is 17.4 Å². The van der Waals surface area contributed by atoms with Gasteiger partial charge in [0.2, 0.25) is 0 Å². The van der Waals surface area contributed by atoms with Gasteiger partial charge >= 0.3 is 0 Å². The minimum Gasteiger partial charge on any atom is -0.480 e. The molecule has 1 saturated heterocycles. The van der Waals surface area contributed by atoms with Crippen molar-refractivity contribution in [3.05, 3.63) is 47.8 Å². The van der Waals surface area contributed by atoms with Crippen molar-refractivity contribution in [1.82, 2.24) is 24.7 Å². The molecule has 31 heavy (non-hydrogen) atoms. The number of anilines is 1. The van der Waals surface area contributed by atoms with E-state index in [0.717, 1.165) is 49.0 Å². The fourth-order valence-electron chi connectivity index (χ4n) is 4.21. The summed E-state index contributed by atoms with van der Waals surface area (Å²) in [7, 11) is 1.88. The molecule has 2 aliphatic rings. The second kappa shape index (κ2) is 7.21. The average molecular weight is 421 g/mol. The first-order valence-electron chi connectivity index (χ1n) is 10.8. The number of carbonyl (C=O) groups excluding carboxylic acids is 1. The zero-order chi connectivity index (χ0) is 21.8. The molecule has 1 aromatic carbocycles. The number of fused-ring (bicyclic) bond motifs is 2. The molecular weight excluding hydrogens is 392 g/mol. The van der Waals surface area contributed by atoms with E-state index in [1.807, 2.05) is 46.8 Å². The van der Waals surface area contributed by atoms with Crippen LogP contribution in [0.25, 0.3) is 5.65 Å². The summed E-state index contributed by atoms with van der Waals surface area (Å²) >= 11 is 0. The molecular formula is C23H28N6O2. The van der Waals surface area contributed by atoms with Gasteiger partial charge in [0, 0.05) is 25.6 Å². The molecule has 8 heteroatoms. The molecule has 4 heterocycles. The first-order valence-corrected chi connectivity index (χ1v) is 10.8. The second-order valence-corrected chi connectivity index (χ2v) is 9.50. The van der Waals surface area contributed by atoms with Crippen LogP contribution in [-0.4, -0.2) is 62.9 Å². The van der Waals surface area contributed by atoms with Crippen LogP contribution in [0.4, 0.5) is 5.82 Å². The highest BCUT2D eigenvalue weighted by molar-refractivity contribution is 5.82. The van der Waals surface area contributed by atoms with Crippen LogP contribution in [0.2, 0.25) is 0 Å². The molecule has 0 spiro atoms. The summed E-state index contributed by atoms with van der Waals surface area (Å²) in [6, 6.07) is 12.0. The van der Waals surface area contributed by atoms with E-state index in [0.29, 0.717) is 0 Å². The molecule has 1 atom stereocenters. The van der Waals surface area contributed by atoms with Crippen LogP contribution in [0.1, 0.15) is 38.6 Å². The van der Waals surface area contributed by atoms with E-state index in [1.54, 1.807) is 0 Å². The van der Waals surface area contributed by atoms with Crippen LogP contribution in [0.3, 0.4) is 0 Å². The van der Waals surface area contributed by atoms with Crippen LogP contribution in [-0.2, 0) is 16.6 Å². The number of ether oxygens (including phenoxy) is 1. The number of amides is 1. The zero-order valence-corrected chi connectivity index (χ0v) is 18.4. The Hall–Kier alpha value is -3.16. The SMILES string of the molecule is CN(C(=O)C1CCc2ccccc2O1)C1CN(c2ccc3nnc(C(C)(C)C)n3n2)C1. The molecule has 0 bridgehead atoms. The Bertz CT molecular complexity index is 1130. The van der Waals surface area contributed by atoms with E-state index in [4.69, 9.17) is 9.84 Å². The number of para-hydroxylation sites is 1. The molecule has 0 radical (unpaired) electrons. The monoisotopic (exact) mass is 420 g/mol. The highest BCUT2D eigenvalue weighted by Crippen LogP contribution is 2.29. The van der Waals surface area contributed by atoms with Crippen molar-refractivity contribution < 1.29 is 9.53 Å². The Balaban J connectivity index is 1.25. The van der Waals surface area contributed by atoms with E-state index >= 15 is 0 Å². The molecule has 1 unspecified atom stereocenters. The molecule has 1 amide bonds. The van der Waals surface area contributed by atoms with Gasteiger partial charge in [-0.1, -0.05) is 39.0 Å². The number of benzene rings is 1. The number of carbonyl (C=O) groups is 1. The summed E-state index contributed by atoms with van der Waals surface area (Å²) in [5, 5.41) is 13.3. The van der Waals surface area contributed by atoms with Crippen molar-refractivity contribution in [3.8, 4) is 5.75 Å². The highest BCUT2D eigenvalue weighted by atomic mass is 16.5. The Morgan fingerprint density at radius 3 is 2.68 bits per heavy atom. The summed E-state index contributed by atoms with van der Waals surface area (Å²) in [4.78, 5) is 17.0. The lowest BCUT2D eigenvalue weighted by Gasteiger charge is -2.45. The number of aromatic nitrogens is 4. The Morgan fingerprint density at radius 2 is 1.90 bits per heavy atom. The average Bonchev–Trinajstić information content (AvgIpc) is 3.15. The fourth-order valence-corrected chi connectivity index (χ4v) is 4.21. The number of rotatable bonds is 3. The van der Waals surface area contributed by atoms with Gasteiger partial charge in [0.05, 0.1) is 6.04 Å². The van der Waals surface area contributed by atoms with Crippen molar-refractivity contribution in [1.29, 1.82) is 0 Å². The lowest BCUT2D eigenvalue weighted by Crippen LogP contribution is -2.62. The number of aryl methyl sites for hydroxylation is 1. The molecule has 0 aliphatic carbocycles. The lowest BCUT2D eigenvalue weighted by molar-refractivity contribution is -0.140. The molecule has 0 N–H and O–H groups in total. The van der Waals surface area contributed by atoms with E-state index in [2.05, 4.69) is 41.9 Å². The van der Waals surface area contributed by atoms with Crippen molar-refractivity contribution in [2.75, 3.05) is 25.0 Å². The van der Waals surface area contributed by atoms with E-state index in [1.165, 1.54) is 5.56 Å². The van der Waals surface area contributed by atoms with Gasteiger partial charge < -0.3 is 14.5 Å². The van der Waals surface area contributed by atoms with Crippen LogP contribution in [0.5, 0.6) is 5.75 Å². The van der Waals surface area contributed by atoms with Gasteiger partial charge in [-0.25, -0.2) is 0 Å².